The van der Waals surface area contributed by atoms with Gasteiger partial charge in [-0.2, -0.15) is 0 Å². The molecule has 5 atom stereocenters. The van der Waals surface area contributed by atoms with Crippen molar-refractivity contribution in [3.8, 4) is 11.5 Å². The lowest BCUT2D eigenvalue weighted by atomic mass is 9.99. The number of azide groups is 1. The molecule has 12 nitrogen and oxygen atoms in total. The third-order valence-electron chi connectivity index (χ3n) is 13.1. The van der Waals surface area contributed by atoms with E-state index in [9.17, 15) is 4.79 Å². The number of rotatable bonds is 25. The summed E-state index contributed by atoms with van der Waals surface area (Å²) in [6.45, 7) is 33.9. The number of esters is 1. The maximum atomic E-state index is 14.1. The molecule has 380 valence electrons. The molecule has 4 rings (SSSR count). The topological polar surface area (TPSA) is 140 Å². The quantitative estimate of drug-likeness (QED) is 0.0119. The zero-order valence-corrected chi connectivity index (χ0v) is 47.6. The van der Waals surface area contributed by atoms with Gasteiger partial charge in [0.15, 0.2) is 20.9 Å². The second kappa shape index (κ2) is 24.9. The maximum absolute atomic E-state index is 14.1. The van der Waals surface area contributed by atoms with Crippen LogP contribution in [0.5, 0.6) is 11.5 Å². The average Bonchev–Trinajstić information content (AvgIpc) is 3.58. The molecule has 1 aliphatic heterocycles. The lowest BCUT2D eigenvalue weighted by molar-refractivity contribution is -0.151. The minimum Gasteiger partial charge on any atom is -0.493 e. The summed E-state index contributed by atoms with van der Waals surface area (Å²) in [5.41, 5.74) is 9.55. The number of ether oxygens (including phenoxy) is 6. The Morgan fingerprint density at radius 1 is 0.826 bits per heavy atom. The van der Waals surface area contributed by atoms with E-state index in [-0.39, 0.29) is 54.2 Å². The van der Waals surface area contributed by atoms with Crippen molar-refractivity contribution in [3.05, 3.63) is 113 Å². The number of nitrogens with zero attached hydrogens (tertiary/aromatic N) is 3. The zero-order chi connectivity index (χ0) is 51.3. The maximum Gasteiger partial charge on any atom is 0.342 e. The fraction of sp³-hybridized carbons (Fsp3) is 0.574. The molecule has 0 N–H and O–H groups in total. The molecule has 0 aromatic heterocycles. The van der Waals surface area contributed by atoms with Gasteiger partial charge in [-0.25, -0.2) is 4.79 Å². The van der Waals surface area contributed by atoms with Gasteiger partial charge in [-0.05, 0) is 96.8 Å². The SMILES string of the molecule is COCOc1ccc(OCCCN=[N+]=[N-])c(C=CC[C@@H]2OC(C)(C)O[C@@H]2C(C=C[C@@H](C)[C@@H](C)O[Si](c2ccccc2)(c2ccccc2)C(C)(C)C)O[Si](C)(C)C(C)(C)C)c1C(=O)OCC[Si](C)(C)C. The van der Waals surface area contributed by atoms with Crippen LogP contribution in [0, 0.1) is 5.92 Å². The first-order chi connectivity index (χ1) is 32.3. The van der Waals surface area contributed by atoms with Gasteiger partial charge in [0.25, 0.3) is 8.32 Å². The Morgan fingerprint density at radius 2 is 1.43 bits per heavy atom. The summed E-state index contributed by atoms with van der Waals surface area (Å²) in [4.78, 5) is 16.9. The van der Waals surface area contributed by atoms with Crippen molar-refractivity contribution in [1.29, 1.82) is 0 Å². The molecule has 1 heterocycles. The molecular weight excluding hydrogens is 919 g/mol. The molecule has 1 aliphatic rings. The molecule has 3 aromatic carbocycles. The van der Waals surface area contributed by atoms with Crippen LogP contribution in [0.25, 0.3) is 16.5 Å². The molecule has 69 heavy (non-hydrogen) atoms. The van der Waals surface area contributed by atoms with E-state index in [4.69, 9.17) is 42.8 Å². The Morgan fingerprint density at radius 3 is 1.99 bits per heavy atom. The van der Waals surface area contributed by atoms with Crippen LogP contribution in [0.1, 0.15) is 98.0 Å². The Labute approximate surface area is 417 Å². The second-order valence-corrected chi connectivity index (χ2v) is 37.0. The van der Waals surface area contributed by atoms with Crippen molar-refractivity contribution in [3.63, 3.8) is 0 Å². The molecule has 0 radical (unpaired) electrons. The van der Waals surface area contributed by atoms with Crippen molar-refractivity contribution in [1.82, 2.24) is 0 Å². The van der Waals surface area contributed by atoms with E-state index >= 15 is 0 Å². The third-order valence-corrected chi connectivity index (χ3v) is 24.4. The molecule has 3 aromatic rings. The van der Waals surface area contributed by atoms with Crippen molar-refractivity contribution in [2.45, 2.75) is 161 Å². The molecule has 0 spiro atoms. The molecule has 1 unspecified atom stereocenters. The second-order valence-electron chi connectivity index (χ2n) is 22.4. The fourth-order valence-corrected chi connectivity index (χ4v) is 14.9. The van der Waals surface area contributed by atoms with Crippen molar-refractivity contribution in [2.75, 3.05) is 33.7 Å². The summed E-state index contributed by atoms with van der Waals surface area (Å²) in [5.74, 6) is -0.650. The first-order valence-electron chi connectivity index (χ1n) is 24.5. The number of methoxy groups -OCH3 is 1. The molecular formula is C54H83N3O9Si3. The van der Waals surface area contributed by atoms with Gasteiger partial charge in [0.05, 0.1) is 25.4 Å². The monoisotopic (exact) mass is 1000 g/mol. The Kier molecular flexibility index (Phi) is 20.8. The third kappa shape index (κ3) is 16.0. The Bertz CT molecular complexity index is 2160. The van der Waals surface area contributed by atoms with Crippen LogP contribution in [0.4, 0.5) is 0 Å². The van der Waals surface area contributed by atoms with Gasteiger partial charge in [0.2, 0.25) is 0 Å². The summed E-state index contributed by atoms with van der Waals surface area (Å²) < 4.78 is 51.8. The average molecular weight is 1000 g/mol. The smallest absolute Gasteiger partial charge is 0.342 e. The number of carbonyl (C=O) groups is 1. The van der Waals surface area contributed by atoms with Gasteiger partial charge in [0, 0.05) is 38.3 Å². The number of carbonyl (C=O) groups excluding carboxylic acids is 1. The minimum absolute atomic E-state index is 0.00694. The molecule has 0 amide bonds. The van der Waals surface area contributed by atoms with Gasteiger partial charge in [-0.3, -0.25) is 0 Å². The predicted molar refractivity (Wildman–Crippen MR) is 288 cm³/mol. The van der Waals surface area contributed by atoms with E-state index in [1.807, 2.05) is 26.0 Å². The summed E-state index contributed by atoms with van der Waals surface area (Å²) in [5, 5.41) is 5.88. The van der Waals surface area contributed by atoms with E-state index in [0.717, 1.165) is 6.04 Å². The highest BCUT2D eigenvalue weighted by Crippen LogP contribution is 2.42. The lowest BCUT2D eigenvalue weighted by Gasteiger charge is -2.45. The summed E-state index contributed by atoms with van der Waals surface area (Å²) in [7, 11) is -5.19. The highest BCUT2D eigenvalue weighted by Gasteiger charge is 2.52. The van der Waals surface area contributed by atoms with Crippen LogP contribution >= 0.6 is 0 Å². The Hall–Kier alpha value is -4.03. The van der Waals surface area contributed by atoms with E-state index < -0.39 is 54.8 Å². The van der Waals surface area contributed by atoms with Gasteiger partial charge >= 0.3 is 5.97 Å². The molecule has 1 fully saturated rings. The van der Waals surface area contributed by atoms with Crippen LogP contribution in [-0.2, 0) is 27.8 Å². The van der Waals surface area contributed by atoms with Crippen LogP contribution in [0.15, 0.2) is 96.1 Å². The van der Waals surface area contributed by atoms with Crippen molar-refractivity contribution < 1.29 is 42.1 Å². The van der Waals surface area contributed by atoms with Gasteiger partial charge in [0.1, 0.15) is 23.2 Å². The van der Waals surface area contributed by atoms with Crippen LogP contribution in [0.3, 0.4) is 0 Å². The molecule has 1 saturated heterocycles. The van der Waals surface area contributed by atoms with Crippen LogP contribution in [0.2, 0.25) is 48.9 Å². The largest absolute Gasteiger partial charge is 0.493 e. The number of hydrogen-bond acceptors (Lipinski definition) is 10. The molecule has 0 bridgehead atoms. The number of benzene rings is 3. The highest BCUT2D eigenvalue weighted by atomic mass is 28.4. The van der Waals surface area contributed by atoms with E-state index in [0.29, 0.717) is 29.9 Å². The van der Waals surface area contributed by atoms with Crippen molar-refractivity contribution >= 4 is 47.1 Å². The highest BCUT2D eigenvalue weighted by molar-refractivity contribution is 6.99. The number of hydrogen-bond donors (Lipinski definition) is 0. The minimum atomic E-state index is -2.82. The van der Waals surface area contributed by atoms with E-state index in [1.165, 1.54) is 17.5 Å². The summed E-state index contributed by atoms with van der Waals surface area (Å²) in [6, 6.07) is 25.8. The van der Waals surface area contributed by atoms with Gasteiger partial charge < -0.3 is 37.3 Å². The molecule has 0 saturated carbocycles. The van der Waals surface area contributed by atoms with Crippen molar-refractivity contribution in [2.24, 2.45) is 11.0 Å². The lowest BCUT2D eigenvalue weighted by Crippen LogP contribution is -2.67. The first kappa shape index (κ1) is 57.5. The molecule has 15 heteroatoms. The summed E-state index contributed by atoms with van der Waals surface area (Å²) >= 11 is 0. The predicted octanol–water partition coefficient (Wildman–Crippen LogP) is 12.7. The van der Waals surface area contributed by atoms with Crippen LogP contribution in [-0.4, -0.2) is 94.5 Å². The summed E-state index contributed by atoms with van der Waals surface area (Å²) in [6.07, 6.45) is 7.67. The van der Waals surface area contributed by atoms with E-state index in [2.05, 4.69) is 171 Å². The fourth-order valence-electron chi connectivity index (χ4n) is 8.10. The zero-order valence-electron chi connectivity index (χ0n) is 44.6. The van der Waals surface area contributed by atoms with Crippen LogP contribution < -0.4 is 19.8 Å². The standard InChI is InChI=1S/C54H83N3O9Si3/c1-40(41(2)65-69(53(6,7)8,42-25-19-17-20-26-42)43-27-21-18-22-28-43)31-32-48(66-68(15,16)52(3,4)5)50-47(63-54(9,10)64-50)30-23-29-44-45(60-36-24-35-56-57-55)33-34-46(62-39-59-11)49(44)51(58)61-37-38-67(12,13)14/h17-23,25-29,31-34,40-41,47-48,50H,24,30,35-39H2,1-16H3/t40-,41-,47+,48?,50+/m1/s1. The van der Waals surface area contributed by atoms with Gasteiger partial charge in [-0.15, -0.1) is 0 Å². The first-order valence-corrected chi connectivity index (χ1v) is 33.1. The van der Waals surface area contributed by atoms with Gasteiger partial charge in [-0.1, -0.05) is 158 Å². The molecule has 0 aliphatic carbocycles. The van der Waals surface area contributed by atoms with E-state index in [1.54, 1.807) is 12.1 Å². The Balaban J connectivity index is 1.75. The normalized spacial score (nSPS) is 18.2.